The predicted octanol–water partition coefficient (Wildman–Crippen LogP) is 0.171. The second kappa shape index (κ2) is 10.5. The molecule has 36 heavy (non-hydrogen) atoms. The Balaban J connectivity index is 1.51. The second-order valence-corrected chi connectivity index (χ2v) is 13.6. The van der Waals surface area contributed by atoms with E-state index in [4.69, 9.17) is 30.6 Å². The van der Waals surface area contributed by atoms with E-state index >= 15 is 0 Å². The van der Waals surface area contributed by atoms with Gasteiger partial charge in [0.05, 0.1) is 18.5 Å². The third kappa shape index (κ3) is 6.25. The molecule has 0 spiro atoms. The van der Waals surface area contributed by atoms with Crippen LogP contribution in [0, 0.1) is 0 Å². The number of aromatic nitrogens is 4. The van der Waals surface area contributed by atoms with Crippen molar-refractivity contribution in [1.29, 1.82) is 0 Å². The fourth-order valence-electron chi connectivity index (χ4n) is 4.51. The van der Waals surface area contributed by atoms with Gasteiger partial charge in [-0.1, -0.05) is 0 Å². The molecule has 0 radical (unpaired) electrons. The molecule has 1 aliphatic carbocycles. The van der Waals surface area contributed by atoms with Crippen LogP contribution in [0.5, 0.6) is 0 Å². The number of aliphatic hydroxyl groups is 2. The highest BCUT2D eigenvalue weighted by molar-refractivity contribution is 7.70. The molecule has 202 valence electrons. The number of nitrogens with zero attached hydrogens (tertiary/aromatic N) is 5. The summed E-state index contributed by atoms with van der Waals surface area (Å²) in [6, 6.07) is 0.580. The highest BCUT2D eigenvalue weighted by Gasteiger charge is 2.46. The standard InChI is InChI=1S/C18H29ClN6O9P2/c1-24(2)10-4-3-9(5-10)21-16-17-20-6-11(25(17)23-18(19)22-16)15-14(27)13(26)12(34-15)7-33-36(31,32)8-35(28,29)30/h6,9-10,12-15,26-27H,3-5,7-8H2,1-2H3,(H,31,32)(H,21,22,23)(H2,28,29,30)/t9?,10-,12+,13+,14+,15-/m0/s1. The van der Waals surface area contributed by atoms with Crippen molar-refractivity contribution in [2.24, 2.45) is 0 Å². The summed E-state index contributed by atoms with van der Waals surface area (Å²) in [6.07, 6.45) is -1.21. The molecule has 15 nitrogen and oxygen atoms in total. The smallest absolute Gasteiger partial charge is 0.340 e. The molecular formula is C18H29ClN6O9P2. The Labute approximate surface area is 211 Å². The number of rotatable bonds is 9. The van der Waals surface area contributed by atoms with Gasteiger partial charge in [-0.2, -0.15) is 4.98 Å². The van der Waals surface area contributed by atoms with Crippen LogP contribution in [0.25, 0.3) is 5.65 Å². The summed E-state index contributed by atoms with van der Waals surface area (Å²) in [7, 11) is -5.43. The lowest BCUT2D eigenvalue weighted by atomic mass is 10.1. The predicted molar refractivity (Wildman–Crippen MR) is 127 cm³/mol. The van der Waals surface area contributed by atoms with Crippen molar-refractivity contribution in [3.05, 3.63) is 17.2 Å². The molecule has 2 aromatic heterocycles. The summed E-state index contributed by atoms with van der Waals surface area (Å²) in [5.41, 5.74) is 0.570. The summed E-state index contributed by atoms with van der Waals surface area (Å²) in [4.78, 5) is 38.3. The van der Waals surface area contributed by atoms with E-state index in [1.54, 1.807) is 0 Å². The zero-order chi connectivity index (χ0) is 26.4. The Morgan fingerprint density at radius 3 is 2.61 bits per heavy atom. The number of ether oxygens (including phenoxy) is 1. The molecule has 1 saturated carbocycles. The van der Waals surface area contributed by atoms with Crippen LogP contribution in [0.3, 0.4) is 0 Å². The number of hydrogen-bond acceptors (Lipinski definition) is 11. The number of hydrogen-bond donors (Lipinski definition) is 6. The average molecular weight is 571 g/mol. The number of aliphatic hydroxyl groups excluding tert-OH is 2. The van der Waals surface area contributed by atoms with Gasteiger partial charge in [-0.3, -0.25) is 9.13 Å². The largest absolute Gasteiger partial charge is 0.387 e. The number of halogens is 1. The van der Waals surface area contributed by atoms with Crippen LogP contribution in [0.15, 0.2) is 6.20 Å². The maximum absolute atomic E-state index is 11.9. The van der Waals surface area contributed by atoms with Gasteiger partial charge in [-0.25, -0.2) is 9.50 Å². The van der Waals surface area contributed by atoms with Gasteiger partial charge in [0.25, 0.3) is 0 Å². The van der Waals surface area contributed by atoms with Crippen molar-refractivity contribution in [3.8, 4) is 0 Å². The van der Waals surface area contributed by atoms with Gasteiger partial charge in [0.2, 0.25) is 5.28 Å². The Bertz CT molecular complexity index is 1200. The summed E-state index contributed by atoms with van der Waals surface area (Å²) in [5, 5.41) is 28.4. The Morgan fingerprint density at radius 2 is 1.97 bits per heavy atom. The third-order valence-corrected chi connectivity index (χ3v) is 9.91. The van der Waals surface area contributed by atoms with E-state index in [0.717, 1.165) is 19.3 Å². The van der Waals surface area contributed by atoms with Crippen molar-refractivity contribution in [2.45, 2.75) is 55.8 Å². The normalized spacial score (nSPS) is 30.8. The molecule has 6 N–H and O–H groups in total. The molecule has 2 fully saturated rings. The fourth-order valence-corrected chi connectivity index (χ4v) is 7.24. The van der Waals surface area contributed by atoms with Crippen LogP contribution in [0.2, 0.25) is 5.28 Å². The van der Waals surface area contributed by atoms with E-state index in [2.05, 4.69) is 25.3 Å². The van der Waals surface area contributed by atoms with Crippen molar-refractivity contribution in [1.82, 2.24) is 24.5 Å². The maximum atomic E-state index is 11.9. The van der Waals surface area contributed by atoms with E-state index in [-0.39, 0.29) is 17.0 Å². The summed E-state index contributed by atoms with van der Waals surface area (Å²) in [5.74, 6) is -0.985. The Morgan fingerprint density at radius 1 is 1.25 bits per heavy atom. The minimum Gasteiger partial charge on any atom is -0.387 e. The molecule has 7 atom stereocenters. The molecule has 18 heteroatoms. The number of fused-ring (bicyclic) bond motifs is 1. The number of nitrogens with one attached hydrogen (secondary N) is 1. The monoisotopic (exact) mass is 570 g/mol. The molecule has 2 aliphatic rings. The minimum absolute atomic E-state index is 0.0852. The highest BCUT2D eigenvalue weighted by atomic mass is 35.5. The SMILES string of the molecule is CN(C)[C@H]1CCC(Nc2nc(Cl)nn3c([C@@H]4O[C@H](COP(=O)(O)CP(=O)(O)O)[C@@H](O)[C@H]4O)cnc23)C1. The Hall–Kier alpha value is -1.22. The molecule has 0 amide bonds. The van der Waals surface area contributed by atoms with Crippen LogP contribution in [-0.4, -0.2) is 106 Å². The first-order chi connectivity index (χ1) is 16.7. The maximum Gasteiger partial charge on any atom is 0.340 e. The van der Waals surface area contributed by atoms with E-state index in [0.29, 0.717) is 17.5 Å². The van der Waals surface area contributed by atoms with Gasteiger partial charge >= 0.3 is 15.2 Å². The number of imidazole rings is 1. The number of anilines is 1. The lowest BCUT2D eigenvalue weighted by Gasteiger charge is -2.19. The van der Waals surface area contributed by atoms with E-state index in [1.807, 2.05) is 14.1 Å². The van der Waals surface area contributed by atoms with Crippen LogP contribution < -0.4 is 5.32 Å². The van der Waals surface area contributed by atoms with Crippen molar-refractivity contribution in [3.63, 3.8) is 0 Å². The zero-order valence-electron chi connectivity index (χ0n) is 19.5. The summed E-state index contributed by atoms with van der Waals surface area (Å²) >= 11 is 6.16. The van der Waals surface area contributed by atoms with Crippen molar-refractivity contribution >= 4 is 38.3 Å². The molecular weight excluding hydrogens is 542 g/mol. The van der Waals surface area contributed by atoms with Gasteiger partial charge in [0, 0.05) is 12.1 Å². The van der Waals surface area contributed by atoms with E-state index in [1.165, 1.54) is 10.7 Å². The van der Waals surface area contributed by atoms with Gasteiger partial charge in [0.1, 0.15) is 24.4 Å². The van der Waals surface area contributed by atoms with Crippen LogP contribution >= 0.6 is 26.8 Å². The first kappa shape index (κ1) is 27.8. The first-order valence-corrected chi connectivity index (χ1v) is 15.0. The molecule has 0 bridgehead atoms. The summed E-state index contributed by atoms with van der Waals surface area (Å²) < 4.78 is 34.7. The molecule has 3 heterocycles. The van der Waals surface area contributed by atoms with Gasteiger partial charge in [-0.15, -0.1) is 5.10 Å². The van der Waals surface area contributed by atoms with Gasteiger partial charge < -0.3 is 44.4 Å². The third-order valence-electron chi connectivity index (χ3n) is 6.30. The zero-order valence-corrected chi connectivity index (χ0v) is 22.0. The van der Waals surface area contributed by atoms with Crippen molar-refractivity contribution in [2.75, 3.05) is 31.9 Å². The average Bonchev–Trinajstić information content (AvgIpc) is 3.44. The first-order valence-electron chi connectivity index (χ1n) is 11.1. The molecule has 1 aliphatic heterocycles. The van der Waals surface area contributed by atoms with Crippen LogP contribution in [0.1, 0.15) is 31.1 Å². The second-order valence-electron chi connectivity index (χ2n) is 9.24. The molecule has 2 unspecified atom stereocenters. The molecule has 2 aromatic rings. The molecule has 4 rings (SSSR count). The quantitative estimate of drug-likeness (QED) is 0.222. The summed E-state index contributed by atoms with van der Waals surface area (Å²) in [6.45, 7) is -0.698. The Kier molecular flexibility index (Phi) is 8.11. The fraction of sp³-hybridized carbons (Fsp3) is 0.722. The van der Waals surface area contributed by atoms with E-state index in [9.17, 15) is 24.2 Å². The van der Waals surface area contributed by atoms with Crippen molar-refractivity contribution < 1.29 is 43.3 Å². The van der Waals surface area contributed by atoms with Crippen LogP contribution in [-0.2, 0) is 18.4 Å². The van der Waals surface area contributed by atoms with Crippen LogP contribution in [0.4, 0.5) is 5.82 Å². The minimum atomic E-state index is -4.82. The van der Waals surface area contributed by atoms with Gasteiger partial charge in [0.15, 0.2) is 17.4 Å². The highest BCUT2D eigenvalue weighted by Crippen LogP contribution is 2.55. The lowest BCUT2D eigenvalue weighted by molar-refractivity contribution is -0.0204. The lowest BCUT2D eigenvalue weighted by Crippen LogP contribution is -2.33. The van der Waals surface area contributed by atoms with E-state index < -0.39 is 52.1 Å². The topological polar surface area (TPSA) is 212 Å². The van der Waals surface area contributed by atoms with Gasteiger partial charge in [-0.05, 0) is 45.0 Å². The molecule has 1 saturated heterocycles. The molecule has 0 aromatic carbocycles.